The van der Waals surface area contributed by atoms with E-state index >= 15 is 0 Å². The number of hydrogen-bond acceptors (Lipinski definition) is 1. The lowest BCUT2D eigenvalue weighted by atomic mass is 10.1. The first-order chi connectivity index (χ1) is 7.51. The van der Waals surface area contributed by atoms with Crippen molar-refractivity contribution in [3.63, 3.8) is 0 Å². The van der Waals surface area contributed by atoms with Gasteiger partial charge in [-0.3, -0.25) is 0 Å². The van der Waals surface area contributed by atoms with Crippen LogP contribution in [0, 0.1) is 0 Å². The molecular weight excluding hydrogens is 196 g/mol. The molecule has 0 aliphatic rings. The number of methoxy groups -OCH3 is 1. The summed E-state index contributed by atoms with van der Waals surface area (Å²) in [4.78, 5) is 0. The van der Waals surface area contributed by atoms with E-state index in [9.17, 15) is 0 Å². The van der Waals surface area contributed by atoms with Crippen LogP contribution in [0.1, 0.15) is 13.3 Å². The van der Waals surface area contributed by atoms with Crippen molar-refractivity contribution in [3.05, 3.63) is 73.1 Å². The van der Waals surface area contributed by atoms with Crippen molar-refractivity contribution in [3.8, 4) is 0 Å². The Balaban J connectivity index is 4.36. The van der Waals surface area contributed by atoms with Gasteiger partial charge in [-0.1, -0.05) is 57.0 Å². The van der Waals surface area contributed by atoms with Crippen molar-refractivity contribution < 1.29 is 4.74 Å². The molecule has 0 saturated heterocycles. The third-order valence-corrected chi connectivity index (χ3v) is 2.12. The zero-order valence-electron chi connectivity index (χ0n) is 10.3. The predicted octanol–water partition coefficient (Wildman–Crippen LogP) is 4.34. The Kier molecular flexibility index (Phi) is 6.69. The molecule has 0 radical (unpaired) electrons. The lowest BCUT2D eigenvalue weighted by molar-refractivity contribution is 0.309. The summed E-state index contributed by atoms with van der Waals surface area (Å²) in [6.45, 7) is 17.4. The molecule has 0 saturated carbocycles. The highest BCUT2D eigenvalue weighted by Gasteiger charge is 1.92. The lowest BCUT2D eigenvalue weighted by Gasteiger charge is -2.00. The zero-order valence-corrected chi connectivity index (χ0v) is 10.3. The SMILES string of the molecule is C=C(/C=C\C(=C)C(=C)/C=C\C(=C)OC)CC. The monoisotopic (exact) mass is 216 g/mol. The molecule has 0 bridgehead atoms. The molecule has 1 nitrogen and oxygen atoms in total. The summed E-state index contributed by atoms with van der Waals surface area (Å²) in [5.41, 5.74) is 2.76. The molecule has 0 aliphatic carbocycles. The van der Waals surface area contributed by atoms with E-state index in [0.29, 0.717) is 5.76 Å². The standard InChI is InChI=1S/C15H20O/c1-7-12(2)8-9-13(3)14(4)10-11-15(5)16-6/h8-11H,2-5,7H2,1,6H3/b9-8-,11-10-. The van der Waals surface area contributed by atoms with Crippen molar-refractivity contribution in [2.75, 3.05) is 7.11 Å². The van der Waals surface area contributed by atoms with Crippen LogP contribution in [0.5, 0.6) is 0 Å². The van der Waals surface area contributed by atoms with Gasteiger partial charge in [-0.2, -0.15) is 0 Å². The van der Waals surface area contributed by atoms with Gasteiger partial charge < -0.3 is 4.74 Å². The van der Waals surface area contributed by atoms with Crippen LogP contribution < -0.4 is 0 Å². The Morgan fingerprint density at radius 1 is 0.938 bits per heavy atom. The molecule has 16 heavy (non-hydrogen) atoms. The number of allylic oxidation sites excluding steroid dienone is 7. The van der Waals surface area contributed by atoms with Crippen LogP contribution in [0.15, 0.2) is 73.1 Å². The third kappa shape index (κ3) is 5.86. The zero-order chi connectivity index (χ0) is 12.6. The van der Waals surface area contributed by atoms with E-state index in [2.05, 4.69) is 33.2 Å². The van der Waals surface area contributed by atoms with Crippen LogP contribution in [-0.2, 0) is 4.74 Å². The molecule has 0 fully saturated rings. The Labute approximate surface area is 98.8 Å². The molecule has 0 aromatic carbocycles. The Hall–Kier alpha value is -1.76. The highest BCUT2D eigenvalue weighted by Crippen LogP contribution is 2.11. The van der Waals surface area contributed by atoms with Gasteiger partial charge in [-0.25, -0.2) is 0 Å². The summed E-state index contributed by atoms with van der Waals surface area (Å²) in [7, 11) is 1.58. The lowest BCUT2D eigenvalue weighted by Crippen LogP contribution is -1.82. The summed E-state index contributed by atoms with van der Waals surface area (Å²) in [5.74, 6) is 0.593. The fourth-order valence-corrected chi connectivity index (χ4v) is 0.812. The van der Waals surface area contributed by atoms with Gasteiger partial charge in [0.1, 0.15) is 5.76 Å². The number of ether oxygens (including phenoxy) is 1. The molecule has 0 unspecified atom stereocenters. The van der Waals surface area contributed by atoms with E-state index < -0.39 is 0 Å². The summed E-state index contributed by atoms with van der Waals surface area (Å²) in [5, 5.41) is 0. The second-order valence-corrected chi connectivity index (χ2v) is 3.40. The molecule has 86 valence electrons. The van der Waals surface area contributed by atoms with Crippen LogP contribution >= 0.6 is 0 Å². The van der Waals surface area contributed by atoms with Gasteiger partial charge in [0.25, 0.3) is 0 Å². The third-order valence-electron chi connectivity index (χ3n) is 2.12. The van der Waals surface area contributed by atoms with Crippen molar-refractivity contribution in [1.82, 2.24) is 0 Å². The first-order valence-electron chi connectivity index (χ1n) is 5.16. The van der Waals surface area contributed by atoms with Crippen LogP contribution in [0.2, 0.25) is 0 Å². The van der Waals surface area contributed by atoms with Gasteiger partial charge in [-0.15, -0.1) is 0 Å². The molecule has 0 heterocycles. The van der Waals surface area contributed by atoms with Crippen molar-refractivity contribution in [1.29, 1.82) is 0 Å². The molecule has 0 aromatic heterocycles. The van der Waals surface area contributed by atoms with Crippen LogP contribution in [-0.4, -0.2) is 7.11 Å². The summed E-state index contributed by atoms with van der Waals surface area (Å²) in [6.07, 6.45) is 8.39. The van der Waals surface area contributed by atoms with E-state index in [0.717, 1.165) is 23.1 Å². The molecule has 0 rings (SSSR count). The molecule has 0 amide bonds. The fraction of sp³-hybridized carbons (Fsp3) is 0.200. The summed E-state index contributed by atoms with van der Waals surface area (Å²) >= 11 is 0. The molecule has 0 aromatic rings. The van der Waals surface area contributed by atoms with Gasteiger partial charge in [-0.05, 0) is 23.6 Å². The first-order valence-corrected chi connectivity index (χ1v) is 5.16. The van der Waals surface area contributed by atoms with Gasteiger partial charge in [0.05, 0.1) is 7.11 Å². The topological polar surface area (TPSA) is 9.23 Å². The summed E-state index contributed by atoms with van der Waals surface area (Å²) < 4.78 is 4.91. The second-order valence-electron chi connectivity index (χ2n) is 3.40. The van der Waals surface area contributed by atoms with Gasteiger partial charge in [0.2, 0.25) is 0 Å². The van der Waals surface area contributed by atoms with E-state index in [1.54, 1.807) is 13.2 Å². The highest BCUT2D eigenvalue weighted by atomic mass is 16.5. The second kappa shape index (κ2) is 7.52. The molecule has 0 aliphatic heterocycles. The molecule has 1 heteroatoms. The predicted molar refractivity (Wildman–Crippen MR) is 72.1 cm³/mol. The van der Waals surface area contributed by atoms with Gasteiger partial charge >= 0.3 is 0 Å². The first kappa shape index (κ1) is 14.2. The summed E-state index contributed by atoms with van der Waals surface area (Å²) in [6, 6.07) is 0. The minimum atomic E-state index is 0.593. The quantitative estimate of drug-likeness (QED) is 0.454. The Morgan fingerprint density at radius 3 is 1.88 bits per heavy atom. The van der Waals surface area contributed by atoms with Crippen molar-refractivity contribution in [2.24, 2.45) is 0 Å². The molecule has 0 N–H and O–H groups in total. The highest BCUT2D eigenvalue weighted by molar-refractivity contribution is 5.44. The normalized spacial score (nSPS) is 10.6. The van der Waals surface area contributed by atoms with E-state index in [4.69, 9.17) is 4.74 Å². The largest absolute Gasteiger partial charge is 0.497 e. The maximum atomic E-state index is 4.91. The average Bonchev–Trinajstić information content (AvgIpc) is 2.31. The molecule has 0 spiro atoms. The van der Waals surface area contributed by atoms with Crippen LogP contribution in [0.25, 0.3) is 0 Å². The van der Waals surface area contributed by atoms with Crippen molar-refractivity contribution >= 4 is 0 Å². The van der Waals surface area contributed by atoms with Crippen LogP contribution in [0.3, 0.4) is 0 Å². The fourth-order valence-electron chi connectivity index (χ4n) is 0.812. The Morgan fingerprint density at radius 2 is 1.44 bits per heavy atom. The van der Waals surface area contributed by atoms with E-state index in [-0.39, 0.29) is 0 Å². The number of rotatable bonds is 7. The Bertz CT molecular complexity index is 318. The number of hydrogen-bond donors (Lipinski definition) is 0. The van der Waals surface area contributed by atoms with E-state index in [1.807, 2.05) is 18.2 Å². The average molecular weight is 216 g/mol. The smallest absolute Gasteiger partial charge is 0.111 e. The van der Waals surface area contributed by atoms with Crippen molar-refractivity contribution in [2.45, 2.75) is 13.3 Å². The maximum absolute atomic E-state index is 4.91. The minimum Gasteiger partial charge on any atom is -0.497 e. The van der Waals surface area contributed by atoms with Gasteiger partial charge in [0, 0.05) is 0 Å². The minimum absolute atomic E-state index is 0.593. The maximum Gasteiger partial charge on any atom is 0.111 e. The molecule has 0 atom stereocenters. The van der Waals surface area contributed by atoms with Gasteiger partial charge in [0.15, 0.2) is 0 Å². The molecular formula is C15H20O. The van der Waals surface area contributed by atoms with Crippen LogP contribution in [0.4, 0.5) is 0 Å². The van der Waals surface area contributed by atoms with E-state index in [1.165, 1.54) is 0 Å².